The Morgan fingerprint density at radius 1 is 1.03 bits per heavy atom. The molecule has 1 amide bonds. The summed E-state index contributed by atoms with van der Waals surface area (Å²) in [5, 5.41) is 9.29. The average Bonchev–Trinajstić information content (AvgIpc) is 2.69. The summed E-state index contributed by atoms with van der Waals surface area (Å²) in [7, 11) is 1.68. The van der Waals surface area contributed by atoms with Crippen molar-refractivity contribution in [3.8, 4) is 5.75 Å². The Hall–Kier alpha value is -3.61. The molecule has 7 heteroatoms. The van der Waals surface area contributed by atoms with Crippen LogP contribution in [0.2, 0.25) is 0 Å². The third-order valence-corrected chi connectivity index (χ3v) is 4.21. The van der Waals surface area contributed by atoms with Crippen LogP contribution < -0.4 is 20.7 Å². The Balaban J connectivity index is 1.62. The highest BCUT2D eigenvalue weighted by molar-refractivity contribution is 5.88. The van der Waals surface area contributed by atoms with Gasteiger partial charge in [-0.05, 0) is 49.2 Å². The number of benzene rings is 2. The number of amides is 1. The topological polar surface area (TPSA) is 88.2 Å². The maximum atomic E-state index is 11.1. The van der Waals surface area contributed by atoms with E-state index in [0.717, 1.165) is 47.2 Å². The van der Waals surface area contributed by atoms with Crippen LogP contribution in [0.3, 0.4) is 0 Å². The summed E-state index contributed by atoms with van der Waals surface area (Å²) in [5.41, 5.74) is 3.58. The SMILES string of the molecule is COc1ccccc1CCNc1cc(C)nc(Nc2ccc(NC(C)=O)cc2)n1. The van der Waals surface area contributed by atoms with E-state index in [1.165, 1.54) is 6.92 Å². The number of aryl methyl sites for hydroxylation is 1. The van der Waals surface area contributed by atoms with E-state index in [-0.39, 0.29) is 5.91 Å². The van der Waals surface area contributed by atoms with Gasteiger partial charge in [0, 0.05) is 36.6 Å². The fourth-order valence-electron chi connectivity index (χ4n) is 2.92. The molecule has 0 unspecified atom stereocenters. The summed E-state index contributed by atoms with van der Waals surface area (Å²) in [6, 6.07) is 17.3. The molecule has 0 fully saturated rings. The monoisotopic (exact) mass is 391 g/mol. The van der Waals surface area contributed by atoms with Crippen LogP contribution >= 0.6 is 0 Å². The molecule has 0 spiro atoms. The van der Waals surface area contributed by atoms with Gasteiger partial charge in [-0.25, -0.2) is 4.98 Å². The minimum Gasteiger partial charge on any atom is -0.496 e. The smallest absolute Gasteiger partial charge is 0.229 e. The third kappa shape index (κ3) is 5.93. The Bertz CT molecular complexity index is 973. The maximum Gasteiger partial charge on any atom is 0.229 e. The summed E-state index contributed by atoms with van der Waals surface area (Å²) < 4.78 is 5.40. The van der Waals surface area contributed by atoms with Crippen LogP contribution in [0.1, 0.15) is 18.2 Å². The van der Waals surface area contributed by atoms with Crippen molar-refractivity contribution in [3.05, 3.63) is 65.9 Å². The molecule has 0 aliphatic carbocycles. The van der Waals surface area contributed by atoms with E-state index in [1.54, 1.807) is 7.11 Å². The predicted molar refractivity (Wildman–Crippen MR) is 116 cm³/mol. The quantitative estimate of drug-likeness (QED) is 0.535. The van der Waals surface area contributed by atoms with E-state index in [9.17, 15) is 4.79 Å². The number of methoxy groups -OCH3 is 1. The fourth-order valence-corrected chi connectivity index (χ4v) is 2.92. The van der Waals surface area contributed by atoms with Gasteiger partial charge in [0.2, 0.25) is 11.9 Å². The van der Waals surface area contributed by atoms with E-state index in [1.807, 2.05) is 55.5 Å². The molecule has 0 saturated heterocycles. The highest BCUT2D eigenvalue weighted by Crippen LogP contribution is 2.20. The normalized spacial score (nSPS) is 10.3. The summed E-state index contributed by atoms with van der Waals surface area (Å²) in [4.78, 5) is 20.1. The number of carbonyl (C=O) groups is 1. The molecule has 0 aliphatic rings. The van der Waals surface area contributed by atoms with Gasteiger partial charge in [0.1, 0.15) is 11.6 Å². The molecule has 0 radical (unpaired) electrons. The molecule has 7 nitrogen and oxygen atoms in total. The minimum absolute atomic E-state index is 0.100. The van der Waals surface area contributed by atoms with Gasteiger partial charge in [0.25, 0.3) is 0 Å². The van der Waals surface area contributed by atoms with Crippen LogP contribution in [0.4, 0.5) is 23.1 Å². The summed E-state index contributed by atoms with van der Waals surface area (Å²) in [6.45, 7) is 4.13. The largest absolute Gasteiger partial charge is 0.496 e. The van der Waals surface area contributed by atoms with Crippen LogP contribution in [-0.4, -0.2) is 29.5 Å². The van der Waals surface area contributed by atoms with Gasteiger partial charge in [0.15, 0.2) is 0 Å². The van der Waals surface area contributed by atoms with Crippen molar-refractivity contribution in [2.45, 2.75) is 20.3 Å². The highest BCUT2D eigenvalue weighted by Gasteiger charge is 2.05. The molecule has 3 N–H and O–H groups in total. The molecule has 3 aromatic rings. The molecule has 0 saturated carbocycles. The molecule has 2 aromatic carbocycles. The van der Waals surface area contributed by atoms with Crippen molar-refractivity contribution in [1.82, 2.24) is 9.97 Å². The van der Waals surface area contributed by atoms with Crippen molar-refractivity contribution in [3.63, 3.8) is 0 Å². The minimum atomic E-state index is -0.100. The molecule has 29 heavy (non-hydrogen) atoms. The summed E-state index contributed by atoms with van der Waals surface area (Å²) in [6.07, 6.45) is 0.820. The lowest BCUT2D eigenvalue weighted by Gasteiger charge is -2.12. The zero-order chi connectivity index (χ0) is 20.6. The van der Waals surface area contributed by atoms with E-state index >= 15 is 0 Å². The highest BCUT2D eigenvalue weighted by atomic mass is 16.5. The number of rotatable bonds is 8. The van der Waals surface area contributed by atoms with Crippen LogP contribution in [-0.2, 0) is 11.2 Å². The molecule has 0 aliphatic heterocycles. The molecule has 1 aromatic heterocycles. The zero-order valence-corrected chi connectivity index (χ0v) is 16.8. The van der Waals surface area contributed by atoms with Crippen molar-refractivity contribution >= 4 is 29.0 Å². The second-order valence-electron chi connectivity index (χ2n) is 6.59. The Kier molecular flexibility index (Phi) is 6.63. The van der Waals surface area contributed by atoms with E-state index in [0.29, 0.717) is 5.95 Å². The van der Waals surface area contributed by atoms with Crippen molar-refractivity contribution in [2.24, 2.45) is 0 Å². The number of nitrogens with zero attached hydrogens (tertiary/aromatic N) is 2. The number of para-hydroxylation sites is 1. The van der Waals surface area contributed by atoms with Crippen LogP contribution in [0.5, 0.6) is 5.75 Å². The van der Waals surface area contributed by atoms with Crippen molar-refractivity contribution < 1.29 is 9.53 Å². The Morgan fingerprint density at radius 3 is 2.48 bits per heavy atom. The van der Waals surface area contributed by atoms with E-state index in [4.69, 9.17) is 4.74 Å². The molecule has 3 rings (SSSR count). The molecular weight excluding hydrogens is 366 g/mol. The number of anilines is 4. The molecule has 0 bridgehead atoms. The van der Waals surface area contributed by atoms with Gasteiger partial charge in [-0.15, -0.1) is 0 Å². The van der Waals surface area contributed by atoms with Crippen molar-refractivity contribution in [2.75, 3.05) is 29.6 Å². The first kappa shape index (κ1) is 20.1. The van der Waals surface area contributed by atoms with E-state index in [2.05, 4.69) is 32.0 Å². The lowest BCUT2D eigenvalue weighted by Crippen LogP contribution is -2.09. The van der Waals surface area contributed by atoms with E-state index < -0.39 is 0 Å². The van der Waals surface area contributed by atoms with Crippen LogP contribution in [0.25, 0.3) is 0 Å². The summed E-state index contributed by atoms with van der Waals surface area (Å²) >= 11 is 0. The van der Waals surface area contributed by atoms with Crippen LogP contribution in [0.15, 0.2) is 54.6 Å². The first-order valence-electron chi connectivity index (χ1n) is 9.39. The first-order chi connectivity index (χ1) is 14.0. The average molecular weight is 391 g/mol. The fraction of sp³-hybridized carbons (Fsp3) is 0.227. The molecule has 150 valence electrons. The summed E-state index contributed by atoms with van der Waals surface area (Å²) in [5.74, 6) is 2.05. The third-order valence-electron chi connectivity index (χ3n) is 4.21. The molecule has 0 atom stereocenters. The van der Waals surface area contributed by atoms with Gasteiger partial charge in [-0.1, -0.05) is 18.2 Å². The van der Waals surface area contributed by atoms with Crippen LogP contribution in [0, 0.1) is 6.92 Å². The number of ether oxygens (including phenoxy) is 1. The molecule has 1 heterocycles. The maximum absolute atomic E-state index is 11.1. The standard InChI is InChI=1S/C22H25N5O2/c1-15-14-21(23-13-12-17-6-4-5-7-20(17)29-3)27-22(24-15)26-19-10-8-18(9-11-19)25-16(2)28/h4-11,14H,12-13H2,1-3H3,(H,25,28)(H2,23,24,26,27). The number of hydrogen-bond acceptors (Lipinski definition) is 6. The van der Waals surface area contributed by atoms with Gasteiger partial charge < -0.3 is 20.7 Å². The zero-order valence-electron chi connectivity index (χ0n) is 16.8. The number of hydrogen-bond donors (Lipinski definition) is 3. The number of nitrogens with one attached hydrogen (secondary N) is 3. The first-order valence-corrected chi connectivity index (χ1v) is 9.39. The second-order valence-corrected chi connectivity index (χ2v) is 6.59. The lowest BCUT2D eigenvalue weighted by molar-refractivity contribution is -0.114. The lowest BCUT2D eigenvalue weighted by atomic mass is 10.1. The van der Waals surface area contributed by atoms with Gasteiger partial charge >= 0.3 is 0 Å². The second kappa shape index (κ2) is 9.54. The van der Waals surface area contributed by atoms with Gasteiger partial charge in [-0.3, -0.25) is 4.79 Å². The predicted octanol–water partition coefficient (Wildman–Crippen LogP) is 4.15. The molecular formula is C22H25N5O2. The number of aromatic nitrogens is 2. The number of carbonyl (C=O) groups excluding carboxylic acids is 1. The van der Waals surface area contributed by atoms with Crippen molar-refractivity contribution in [1.29, 1.82) is 0 Å². The Labute approximate surface area is 170 Å². The van der Waals surface area contributed by atoms with Gasteiger partial charge in [-0.2, -0.15) is 4.98 Å². The van der Waals surface area contributed by atoms with Gasteiger partial charge in [0.05, 0.1) is 7.11 Å². The Morgan fingerprint density at radius 2 is 1.76 bits per heavy atom.